The number of amides is 1. The van der Waals surface area contributed by atoms with Crippen LogP contribution in [0.3, 0.4) is 0 Å². The molecule has 1 aliphatic heterocycles. The van der Waals surface area contributed by atoms with Gasteiger partial charge in [0, 0.05) is 11.8 Å². The van der Waals surface area contributed by atoms with Crippen molar-refractivity contribution >= 4 is 17.6 Å². The second-order valence-corrected chi connectivity index (χ2v) is 6.52. The molecular weight excluding hydrogens is 388 g/mol. The topological polar surface area (TPSA) is 83.1 Å². The molecular formula is C20H19F2NO6. The highest BCUT2D eigenvalue weighted by atomic mass is 19.3. The molecule has 1 amide bonds. The van der Waals surface area contributed by atoms with Crippen LogP contribution in [-0.2, 0) is 14.3 Å². The van der Waals surface area contributed by atoms with E-state index in [2.05, 4.69) is 14.8 Å². The Morgan fingerprint density at radius 3 is 2.55 bits per heavy atom. The Morgan fingerprint density at radius 2 is 1.79 bits per heavy atom. The van der Waals surface area contributed by atoms with Gasteiger partial charge < -0.3 is 24.3 Å². The largest absolute Gasteiger partial charge is 0.586 e. The highest BCUT2D eigenvalue weighted by Crippen LogP contribution is 2.42. The molecule has 0 unspecified atom stereocenters. The number of ether oxygens (including phenoxy) is 4. The number of fused-ring (bicyclic) bond motifs is 1. The van der Waals surface area contributed by atoms with Crippen molar-refractivity contribution < 1.29 is 37.3 Å². The van der Waals surface area contributed by atoms with E-state index in [0.717, 1.165) is 5.56 Å². The summed E-state index contributed by atoms with van der Waals surface area (Å²) in [5, 5.41) is 2.41. The summed E-state index contributed by atoms with van der Waals surface area (Å²) < 4.78 is 44.9. The summed E-state index contributed by atoms with van der Waals surface area (Å²) >= 11 is 0. The molecule has 0 saturated heterocycles. The fourth-order valence-electron chi connectivity index (χ4n) is 2.64. The zero-order chi connectivity index (χ0) is 21.0. The molecule has 1 N–H and O–H groups in total. The Morgan fingerprint density at radius 1 is 1.07 bits per heavy atom. The van der Waals surface area contributed by atoms with E-state index in [9.17, 15) is 18.4 Å². The molecule has 2 aromatic carbocycles. The molecule has 0 radical (unpaired) electrons. The second kappa shape index (κ2) is 8.34. The summed E-state index contributed by atoms with van der Waals surface area (Å²) in [6.07, 6.45) is -3.74. The molecule has 3 rings (SSSR count). The first-order valence-corrected chi connectivity index (χ1v) is 8.80. The molecule has 0 atom stereocenters. The van der Waals surface area contributed by atoms with E-state index in [1.165, 1.54) is 18.2 Å². The van der Waals surface area contributed by atoms with Gasteiger partial charge in [0.05, 0.1) is 0 Å². The number of halogens is 2. The minimum atomic E-state index is -3.74. The van der Waals surface area contributed by atoms with Crippen molar-refractivity contribution in [1.82, 2.24) is 0 Å². The molecule has 0 spiro atoms. The van der Waals surface area contributed by atoms with Crippen LogP contribution < -0.4 is 19.5 Å². The molecule has 0 bridgehead atoms. The van der Waals surface area contributed by atoms with Crippen molar-refractivity contribution in [1.29, 1.82) is 0 Å². The standard InChI is InChI=1S/C20H19F2NO6/c1-12(2)14-5-3-4-6-15(14)26-11-19(25)27-10-18(24)23-13-7-8-16-17(9-13)29-20(21,22)28-16/h3-9,12H,10-11H2,1-2H3,(H,23,24). The molecule has 1 aliphatic rings. The van der Waals surface area contributed by atoms with E-state index in [1.807, 2.05) is 26.0 Å². The van der Waals surface area contributed by atoms with Gasteiger partial charge >= 0.3 is 12.3 Å². The van der Waals surface area contributed by atoms with E-state index in [1.54, 1.807) is 12.1 Å². The summed E-state index contributed by atoms with van der Waals surface area (Å²) in [7, 11) is 0. The number of esters is 1. The Balaban J connectivity index is 1.46. The maximum Gasteiger partial charge on any atom is 0.586 e. The van der Waals surface area contributed by atoms with E-state index >= 15 is 0 Å². The Kier molecular flexibility index (Phi) is 5.86. The van der Waals surface area contributed by atoms with Gasteiger partial charge in [-0.2, -0.15) is 0 Å². The van der Waals surface area contributed by atoms with E-state index < -0.39 is 24.8 Å². The fraction of sp³-hybridized carbons (Fsp3) is 0.300. The molecule has 154 valence electrons. The number of carbonyl (C=O) groups is 2. The first-order chi connectivity index (χ1) is 13.7. The van der Waals surface area contributed by atoms with Crippen molar-refractivity contribution in [3.05, 3.63) is 48.0 Å². The normalized spacial score (nSPS) is 13.8. The first-order valence-electron chi connectivity index (χ1n) is 8.80. The van der Waals surface area contributed by atoms with Crippen LogP contribution in [0.2, 0.25) is 0 Å². The monoisotopic (exact) mass is 407 g/mol. The zero-order valence-electron chi connectivity index (χ0n) is 15.7. The van der Waals surface area contributed by atoms with Gasteiger partial charge in [-0.1, -0.05) is 32.0 Å². The lowest BCUT2D eigenvalue weighted by Gasteiger charge is -2.13. The number of carbonyl (C=O) groups excluding carboxylic acids is 2. The Hall–Kier alpha value is -3.36. The minimum Gasteiger partial charge on any atom is -0.482 e. The predicted octanol–water partition coefficient (Wildman–Crippen LogP) is 3.69. The van der Waals surface area contributed by atoms with Crippen molar-refractivity contribution in [2.24, 2.45) is 0 Å². The maximum absolute atomic E-state index is 13.0. The maximum atomic E-state index is 13.0. The first kappa shape index (κ1) is 20.4. The summed E-state index contributed by atoms with van der Waals surface area (Å²) in [5.74, 6) is -0.924. The van der Waals surface area contributed by atoms with Crippen LogP contribution in [-0.4, -0.2) is 31.4 Å². The van der Waals surface area contributed by atoms with Crippen LogP contribution in [0.15, 0.2) is 42.5 Å². The molecule has 0 aliphatic carbocycles. The molecule has 0 aromatic heterocycles. The zero-order valence-corrected chi connectivity index (χ0v) is 15.7. The van der Waals surface area contributed by atoms with Crippen LogP contribution in [0.1, 0.15) is 25.3 Å². The van der Waals surface area contributed by atoms with Gasteiger partial charge in [0.25, 0.3) is 5.91 Å². The number of rotatable bonds is 7. The fourth-order valence-corrected chi connectivity index (χ4v) is 2.64. The molecule has 0 fully saturated rings. The van der Waals surface area contributed by atoms with Gasteiger partial charge in [-0.25, -0.2) is 4.79 Å². The number of hydrogen-bond acceptors (Lipinski definition) is 6. The molecule has 0 saturated carbocycles. The Labute approximate surface area is 165 Å². The number of alkyl halides is 2. The number of benzene rings is 2. The van der Waals surface area contributed by atoms with E-state index in [-0.39, 0.29) is 29.7 Å². The number of para-hydroxylation sites is 1. The lowest BCUT2D eigenvalue weighted by Crippen LogP contribution is -2.26. The molecule has 2 aromatic rings. The van der Waals surface area contributed by atoms with Gasteiger partial charge in [-0.15, -0.1) is 8.78 Å². The summed E-state index contributed by atoms with van der Waals surface area (Å²) in [4.78, 5) is 23.7. The van der Waals surface area contributed by atoms with Gasteiger partial charge in [-0.05, 0) is 29.7 Å². The predicted molar refractivity (Wildman–Crippen MR) is 98.3 cm³/mol. The average molecular weight is 407 g/mol. The van der Waals surface area contributed by atoms with E-state index in [4.69, 9.17) is 9.47 Å². The summed E-state index contributed by atoms with van der Waals surface area (Å²) in [5.41, 5.74) is 1.14. The number of hydrogen-bond donors (Lipinski definition) is 1. The summed E-state index contributed by atoms with van der Waals surface area (Å²) in [6.45, 7) is 3.10. The van der Waals surface area contributed by atoms with Crippen molar-refractivity contribution in [2.45, 2.75) is 26.1 Å². The lowest BCUT2D eigenvalue weighted by molar-refractivity contribution is -0.286. The highest BCUT2D eigenvalue weighted by Gasteiger charge is 2.43. The smallest absolute Gasteiger partial charge is 0.482 e. The quantitative estimate of drug-likeness (QED) is 0.705. The van der Waals surface area contributed by atoms with Gasteiger partial charge in [0.2, 0.25) is 0 Å². The van der Waals surface area contributed by atoms with Gasteiger partial charge in [-0.3, -0.25) is 4.79 Å². The number of nitrogens with one attached hydrogen (secondary N) is 1. The Bertz CT molecular complexity index is 916. The van der Waals surface area contributed by atoms with Crippen molar-refractivity contribution in [3.63, 3.8) is 0 Å². The third kappa shape index (κ3) is 5.34. The lowest BCUT2D eigenvalue weighted by atomic mass is 10.0. The molecule has 9 heteroatoms. The molecule has 1 heterocycles. The van der Waals surface area contributed by atoms with Crippen LogP contribution in [0.4, 0.5) is 14.5 Å². The number of anilines is 1. The second-order valence-electron chi connectivity index (χ2n) is 6.52. The van der Waals surface area contributed by atoms with Gasteiger partial charge in [0.1, 0.15) is 5.75 Å². The van der Waals surface area contributed by atoms with Gasteiger partial charge in [0.15, 0.2) is 24.7 Å². The highest BCUT2D eigenvalue weighted by molar-refractivity contribution is 5.93. The minimum absolute atomic E-state index is 0.141. The van der Waals surface area contributed by atoms with Crippen LogP contribution in [0, 0.1) is 0 Å². The summed E-state index contributed by atoms with van der Waals surface area (Å²) in [6, 6.07) is 11.1. The molecule has 29 heavy (non-hydrogen) atoms. The third-order valence-electron chi connectivity index (χ3n) is 3.94. The van der Waals surface area contributed by atoms with Crippen molar-refractivity contribution in [2.75, 3.05) is 18.5 Å². The van der Waals surface area contributed by atoms with Crippen LogP contribution >= 0.6 is 0 Å². The molecule has 7 nitrogen and oxygen atoms in total. The third-order valence-corrected chi connectivity index (χ3v) is 3.94. The van der Waals surface area contributed by atoms with Crippen molar-refractivity contribution in [3.8, 4) is 17.2 Å². The van der Waals surface area contributed by atoms with Crippen LogP contribution in [0.25, 0.3) is 0 Å². The van der Waals surface area contributed by atoms with E-state index in [0.29, 0.717) is 5.75 Å². The average Bonchev–Trinajstić information content (AvgIpc) is 2.98. The SMILES string of the molecule is CC(C)c1ccccc1OCC(=O)OCC(=O)Nc1ccc2c(c1)OC(F)(F)O2. The van der Waals surface area contributed by atoms with Crippen LogP contribution in [0.5, 0.6) is 17.2 Å².